The number of para-hydroxylation sites is 1. The van der Waals surface area contributed by atoms with Gasteiger partial charge in [-0.2, -0.15) is 0 Å². The Hall–Kier alpha value is -4.15. The van der Waals surface area contributed by atoms with Gasteiger partial charge in [0.2, 0.25) is 0 Å². The summed E-state index contributed by atoms with van der Waals surface area (Å²) in [4.78, 5) is 8.72. The maximum absolute atomic E-state index is 6.06. The Labute approximate surface area is 209 Å². The number of pyridine rings is 2. The smallest absolute Gasteiger partial charge is 0.130 e. The van der Waals surface area contributed by atoms with E-state index < -0.39 is 0 Å². The Morgan fingerprint density at radius 2 is 1.49 bits per heavy atom. The van der Waals surface area contributed by atoms with E-state index in [1.165, 1.54) is 0 Å². The highest BCUT2D eigenvalue weighted by molar-refractivity contribution is 6.30. The Balaban J connectivity index is 1.32. The summed E-state index contributed by atoms with van der Waals surface area (Å²) in [6.07, 6.45) is 5.54. The molecule has 2 heterocycles. The molecule has 2 aromatic heterocycles. The molecule has 0 unspecified atom stereocenters. The Morgan fingerprint density at radius 3 is 2.29 bits per heavy atom. The Kier molecular flexibility index (Phi) is 7.02. The van der Waals surface area contributed by atoms with E-state index >= 15 is 0 Å². The zero-order valence-electron chi connectivity index (χ0n) is 19.0. The van der Waals surface area contributed by atoms with Gasteiger partial charge in [0, 0.05) is 22.8 Å². The molecule has 0 amide bonds. The van der Waals surface area contributed by atoms with E-state index in [9.17, 15) is 0 Å². The first-order valence-electron chi connectivity index (χ1n) is 11.3. The van der Waals surface area contributed by atoms with Crippen LogP contribution in [0.25, 0.3) is 22.6 Å². The van der Waals surface area contributed by atoms with Crippen LogP contribution < -0.4 is 9.47 Å². The number of hydrogen-bond acceptors (Lipinski definition) is 4. The third kappa shape index (κ3) is 6.05. The van der Waals surface area contributed by atoms with Gasteiger partial charge in [0.05, 0.1) is 11.2 Å². The molecule has 0 N–H and O–H groups in total. The topological polar surface area (TPSA) is 44.2 Å². The predicted molar refractivity (Wildman–Crippen MR) is 142 cm³/mol. The second kappa shape index (κ2) is 10.9. The summed E-state index contributed by atoms with van der Waals surface area (Å²) >= 11 is 6.06. The molecule has 3 aromatic carbocycles. The average Bonchev–Trinajstić information content (AvgIpc) is 2.92. The first-order valence-corrected chi connectivity index (χ1v) is 11.7. The van der Waals surface area contributed by atoms with Gasteiger partial charge in [0.25, 0.3) is 0 Å². The first kappa shape index (κ1) is 22.6. The molecular formula is C30H23ClN2O2. The van der Waals surface area contributed by atoms with Crippen molar-refractivity contribution in [3.63, 3.8) is 0 Å². The average molecular weight is 479 g/mol. The standard InChI is InChI=1S/C30H23ClN2O2/c31-26-10-5-22(6-11-26)19-25(20-34-29-15-17-32-18-16-29)23-8-13-28(14-9-23)35-21-27-12-7-24-3-1-2-4-30(24)33-27/h1-19H,20-21H2/b25-19+. The second-order valence-electron chi connectivity index (χ2n) is 8.00. The van der Waals surface area contributed by atoms with Crippen LogP contribution in [0.1, 0.15) is 16.8 Å². The Morgan fingerprint density at radius 1 is 0.743 bits per heavy atom. The summed E-state index contributed by atoms with van der Waals surface area (Å²) in [5.41, 5.74) is 4.99. The minimum absolute atomic E-state index is 0.406. The molecule has 0 radical (unpaired) electrons. The van der Waals surface area contributed by atoms with Crippen LogP contribution >= 0.6 is 11.6 Å². The SMILES string of the molecule is Clc1ccc(/C=C(\COc2ccncc2)c2ccc(OCc3ccc4ccccc4n3)cc2)cc1. The molecule has 0 spiro atoms. The van der Waals surface area contributed by atoms with Crippen LogP contribution in [0.15, 0.2) is 109 Å². The lowest BCUT2D eigenvalue weighted by Crippen LogP contribution is -2.02. The van der Waals surface area contributed by atoms with E-state index in [2.05, 4.69) is 28.2 Å². The van der Waals surface area contributed by atoms with Gasteiger partial charge in [-0.15, -0.1) is 0 Å². The largest absolute Gasteiger partial charge is 0.489 e. The highest BCUT2D eigenvalue weighted by Crippen LogP contribution is 2.24. The Bertz CT molecular complexity index is 1430. The number of nitrogens with zero attached hydrogens (tertiary/aromatic N) is 2. The zero-order valence-corrected chi connectivity index (χ0v) is 19.7. The molecule has 5 rings (SSSR count). The van der Waals surface area contributed by atoms with Crippen LogP contribution in [0, 0.1) is 0 Å². The number of fused-ring (bicyclic) bond motifs is 1. The quantitative estimate of drug-likeness (QED) is 0.217. The van der Waals surface area contributed by atoms with Crippen molar-refractivity contribution in [3.05, 3.63) is 131 Å². The van der Waals surface area contributed by atoms with E-state index in [0.717, 1.165) is 44.8 Å². The maximum Gasteiger partial charge on any atom is 0.130 e. The molecule has 4 nitrogen and oxygen atoms in total. The molecule has 0 aliphatic carbocycles. The fraction of sp³-hybridized carbons (Fsp3) is 0.0667. The third-order valence-electron chi connectivity index (χ3n) is 5.52. The van der Waals surface area contributed by atoms with Gasteiger partial charge in [-0.25, -0.2) is 4.98 Å². The second-order valence-corrected chi connectivity index (χ2v) is 8.44. The molecule has 0 saturated carbocycles. The fourth-order valence-electron chi connectivity index (χ4n) is 3.68. The highest BCUT2D eigenvalue weighted by atomic mass is 35.5. The van der Waals surface area contributed by atoms with E-state index in [-0.39, 0.29) is 0 Å². The van der Waals surface area contributed by atoms with Gasteiger partial charge in [-0.1, -0.05) is 60.1 Å². The number of hydrogen-bond donors (Lipinski definition) is 0. The van der Waals surface area contributed by atoms with Gasteiger partial charge in [0.15, 0.2) is 0 Å². The number of aromatic nitrogens is 2. The van der Waals surface area contributed by atoms with Crippen molar-refractivity contribution in [2.24, 2.45) is 0 Å². The summed E-state index contributed by atoms with van der Waals surface area (Å²) in [7, 11) is 0. The van der Waals surface area contributed by atoms with Gasteiger partial charge >= 0.3 is 0 Å². The van der Waals surface area contributed by atoms with Crippen molar-refractivity contribution in [3.8, 4) is 11.5 Å². The minimum Gasteiger partial charge on any atom is -0.489 e. The van der Waals surface area contributed by atoms with Gasteiger partial charge < -0.3 is 9.47 Å². The minimum atomic E-state index is 0.406. The van der Waals surface area contributed by atoms with Crippen LogP contribution in [0.2, 0.25) is 5.02 Å². The molecule has 0 saturated heterocycles. The van der Waals surface area contributed by atoms with Crippen molar-refractivity contribution >= 4 is 34.2 Å². The summed E-state index contributed by atoms with van der Waals surface area (Å²) in [6, 6.07) is 31.6. The van der Waals surface area contributed by atoms with Crippen LogP contribution in [-0.2, 0) is 6.61 Å². The van der Waals surface area contributed by atoms with Crippen molar-refractivity contribution in [1.29, 1.82) is 0 Å². The molecule has 0 bridgehead atoms. The van der Waals surface area contributed by atoms with E-state index in [1.807, 2.05) is 84.9 Å². The maximum atomic E-state index is 6.06. The van der Waals surface area contributed by atoms with Crippen LogP contribution in [0.5, 0.6) is 11.5 Å². The lowest BCUT2D eigenvalue weighted by Gasteiger charge is -2.12. The van der Waals surface area contributed by atoms with Gasteiger partial charge in [-0.05, 0) is 71.3 Å². The summed E-state index contributed by atoms with van der Waals surface area (Å²) in [6.45, 7) is 0.816. The van der Waals surface area contributed by atoms with Crippen LogP contribution in [0.3, 0.4) is 0 Å². The molecule has 35 heavy (non-hydrogen) atoms. The van der Waals surface area contributed by atoms with Gasteiger partial charge in [0.1, 0.15) is 24.7 Å². The summed E-state index contributed by atoms with van der Waals surface area (Å²) in [5.74, 6) is 1.55. The lowest BCUT2D eigenvalue weighted by atomic mass is 10.0. The highest BCUT2D eigenvalue weighted by Gasteiger charge is 2.06. The summed E-state index contributed by atoms with van der Waals surface area (Å²) in [5, 5.41) is 1.83. The third-order valence-corrected chi connectivity index (χ3v) is 5.77. The van der Waals surface area contributed by atoms with Crippen molar-refractivity contribution in [2.45, 2.75) is 6.61 Å². The van der Waals surface area contributed by atoms with Crippen LogP contribution in [-0.4, -0.2) is 16.6 Å². The fourth-order valence-corrected chi connectivity index (χ4v) is 3.80. The summed E-state index contributed by atoms with van der Waals surface area (Å²) < 4.78 is 12.0. The number of ether oxygens (including phenoxy) is 2. The van der Waals surface area contributed by atoms with E-state index in [4.69, 9.17) is 21.1 Å². The number of halogens is 1. The van der Waals surface area contributed by atoms with Crippen LogP contribution in [0.4, 0.5) is 0 Å². The number of benzene rings is 3. The molecular weight excluding hydrogens is 456 g/mol. The zero-order chi connectivity index (χ0) is 23.9. The van der Waals surface area contributed by atoms with E-state index in [1.54, 1.807) is 12.4 Å². The van der Waals surface area contributed by atoms with Crippen molar-refractivity contribution in [2.75, 3.05) is 6.61 Å². The molecule has 0 aliphatic rings. The molecule has 0 aliphatic heterocycles. The first-order chi connectivity index (χ1) is 17.2. The van der Waals surface area contributed by atoms with Gasteiger partial charge in [-0.3, -0.25) is 4.98 Å². The predicted octanol–water partition coefficient (Wildman–Crippen LogP) is 7.48. The van der Waals surface area contributed by atoms with E-state index in [0.29, 0.717) is 18.2 Å². The monoisotopic (exact) mass is 478 g/mol. The molecule has 0 fully saturated rings. The molecule has 0 atom stereocenters. The molecule has 5 aromatic rings. The lowest BCUT2D eigenvalue weighted by molar-refractivity contribution is 0.302. The normalized spacial score (nSPS) is 11.4. The van der Waals surface area contributed by atoms with Crippen molar-refractivity contribution < 1.29 is 9.47 Å². The number of rotatable bonds is 8. The van der Waals surface area contributed by atoms with Crippen molar-refractivity contribution in [1.82, 2.24) is 9.97 Å². The molecule has 172 valence electrons. The molecule has 5 heteroatoms.